The Bertz CT molecular complexity index is 645. The van der Waals surface area contributed by atoms with Crippen molar-refractivity contribution in [3.05, 3.63) is 64.1 Å². The summed E-state index contributed by atoms with van der Waals surface area (Å²) in [6.07, 6.45) is 1.43. The standard InChI is InChI=1S/C13H11NO4/c15-11-3-1-2-9(6-11)8-14-5-4-10(13(17)18)7-12(14)16/h1-7,15H,8H2,(H,17,18). The van der Waals surface area contributed by atoms with Gasteiger partial charge < -0.3 is 14.8 Å². The molecule has 0 saturated heterocycles. The molecule has 18 heavy (non-hydrogen) atoms. The highest BCUT2D eigenvalue weighted by atomic mass is 16.4. The number of rotatable bonds is 3. The van der Waals surface area contributed by atoms with Crippen LogP contribution in [-0.2, 0) is 6.54 Å². The van der Waals surface area contributed by atoms with Crippen LogP contribution >= 0.6 is 0 Å². The van der Waals surface area contributed by atoms with Gasteiger partial charge in [0.05, 0.1) is 12.1 Å². The maximum absolute atomic E-state index is 11.7. The Balaban J connectivity index is 2.30. The molecule has 1 aromatic carbocycles. The summed E-state index contributed by atoms with van der Waals surface area (Å²) >= 11 is 0. The Morgan fingerprint density at radius 3 is 2.61 bits per heavy atom. The number of aromatic hydroxyl groups is 1. The normalized spacial score (nSPS) is 10.2. The summed E-state index contributed by atoms with van der Waals surface area (Å²) in [7, 11) is 0. The lowest BCUT2D eigenvalue weighted by molar-refractivity contribution is 0.0696. The van der Waals surface area contributed by atoms with Gasteiger partial charge in [-0.25, -0.2) is 4.79 Å². The molecule has 2 rings (SSSR count). The summed E-state index contributed by atoms with van der Waals surface area (Å²) in [5, 5.41) is 18.1. The number of carboxylic acid groups (broad SMARTS) is 1. The van der Waals surface area contributed by atoms with Gasteiger partial charge in [0.2, 0.25) is 0 Å². The second kappa shape index (κ2) is 4.75. The van der Waals surface area contributed by atoms with Gasteiger partial charge in [0.15, 0.2) is 0 Å². The topological polar surface area (TPSA) is 79.5 Å². The monoisotopic (exact) mass is 245 g/mol. The van der Waals surface area contributed by atoms with E-state index >= 15 is 0 Å². The zero-order valence-corrected chi connectivity index (χ0v) is 9.41. The fourth-order valence-corrected chi connectivity index (χ4v) is 1.62. The van der Waals surface area contributed by atoms with Gasteiger partial charge in [0, 0.05) is 12.3 Å². The Hall–Kier alpha value is -2.56. The molecule has 1 heterocycles. The van der Waals surface area contributed by atoms with E-state index in [4.69, 9.17) is 5.11 Å². The van der Waals surface area contributed by atoms with E-state index in [-0.39, 0.29) is 17.9 Å². The minimum absolute atomic E-state index is 0.0350. The van der Waals surface area contributed by atoms with Gasteiger partial charge in [-0.3, -0.25) is 4.79 Å². The third-order valence-electron chi connectivity index (χ3n) is 2.51. The van der Waals surface area contributed by atoms with E-state index in [1.54, 1.807) is 24.3 Å². The van der Waals surface area contributed by atoms with Crippen LogP contribution in [0.1, 0.15) is 15.9 Å². The summed E-state index contributed by atoms with van der Waals surface area (Å²) in [5.41, 5.74) is 0.338. The van der Waals surface area contributed by atoms with Gasteiger partial charge >= 0.3 is 5.97 Å². The number of aromatic carboxylic acids is 1. The van der Waals surface area contributed by atoms with Crippen LogP contribution in [0.5, 0.6) is 5.75 Å². The van der Waals surface area contributed by atoms with Gasteiger partial charge in [0.25, 0.3) is 5.56 Å². The van der Waals surface area contributed by atoms with Gasteiger partial charge in [-0.15, -0.1) is 0 Å². The van der Waals surface area contributed by atoms with Crippen LogP contribution in [0.3, 0.4) is 0 Å². The van der Waals surface area contributed by atoms with Crippen molar-refractivity contribution in [3.63, 3.8) is 0 Å². The lowest BCUT2D eigenvalue weighted by atomic mass is 10.2. The minimum atomic E-state index is -1.13. The van der Waals surface area contributed by atoms with Crippen molar-refractivity contribution in [2.75, 3.05) is 0 Å². The molecule has 0 unspecified atom stereocenters. The number of carbonyl (C=O) groups is 1. The number of hydrogen-bond acceptors (Lipinski definition) is 3. The maximum Gasteiger partial charge on any atom is 0.335 e. The Morgan fingerprint density at radius 2 is 2.00 bits per heavy atom. The number of benzene rings is 1. The minimum Gasteiger partial charge on any atom is -0.508 e. The van der Waals surface area contributed by atoms with Crippen molar-refractivity contribution in [2.24, 2.45) is 0 Å². The first-order chi connectivity index (χ1) is 8.56. The molecule has 0 radical (unpaired) electrons. The molecule has 1 aromatic heterocycles. The molecule has 0 aliphatic carbocycles. The van der Waals surface area contributed by atoms with Crippen LogP contribution in [0, 0.1) is 0 Å². The first-order valence-corrected chi connectivity index (χ1v) is 5.28. The Kier molecular flexibility index (Phi) is 3.14. The SMILES string of the molecule is O=C(O)c1ccn(Cc2cccc(O)c2)c(=O)c1. The molecule has 2 aromatic rings. The van der Waals surface area contributed by atoms with Crippen molar-refractivity contribution >= 4 is 5.97 Å². The fourth-order valence-electron chi connectivity index (χ4n) is 1.62. The molecule has 0 aliphatic heterocycles. The van der Waals surface area contributed by atoms with Gasteiger partial charge in [-0.1, -0.05) is 12.1 Å². The zero-order chi connectivity index (χ0) is 13.1. The summed E-state index contributed by atoms with van der Waals surface area (Å²) < 4.78 is 1.38. The molecule has 0 spiro atoms. The quantitative estimate of drug-likeness (QED) is 0.854. The largest absolute Gasteiger partial charge is 0.508 e. The van der Waals surface area contributed by atoms with Crippen LogP contribution in [0.4, 0.5) is 0 Å². The number of aromatic nitrogens is 1. The average Bonchev–Trinajstić information content (AvgIpc) is 2.31. The average molecular weight is 245 g/mol. The van der Waals surface area contributed by atoms with Crippen molar-refractivity contribution in [1.29, 1.82) is 0 Å². The first kappa shape index (κ1) is 11.9. The zero-order valence-electron chi connectivity index (χ0n) is 9.41. The summed E-state index contributed by atoms with van der Waals surface area (Å²) in [5.74, 6) is -1.00. The van der Waals surface area contributed by atoms with E-state index in [9.17, 15) is 14.7 Å². The van der Waals surface area contributed by atoms with Gasteiger partial charge in [0.1, 0.15) is 5.75 Å². The lowest BCUT2D eigenvalue weighted by Crippen LogP contribution is -2.20. The predicted molar refractivity (Wildman–Crippen MR) is 64.9 cm³/mol. The highest BCUT2D eigenvalue weighted by Gasteiger charge is 2.05. The predicted octanol–water partition coefficient (Wildman–Crippen LogP) is 1.30. The highest BCUT2D eigenvalue weighted by Crippen LogP contribution is 2.11. The molecule has 0 amide bonds. The molecule has 5 heteroatoms. The third kappa shape index (κ3) is 2.57. The number of hydrogen-bond donors (Lipinski definition) is 2. The Morgan fingerprint density at radius 1 is 1.22 bits per heavy atom. The highest BCUT2D eigenvalue weighted by molar-refractivity contribution is 5.87. The van der Waals surface area contributed by atoms with E-state index in [2.05, 4.69) is 0 Å². The van der Waals surface area contributed by atoms with E-state index < -0.39 is 11.5 Å². The molecule has 92 valence electrons. The number of phenols is 1. The fraction of sp³-hybridized carbons (Fsp3) is 0.0769. The van der Waals surface area contributed by atoms with Crippen molar-refractivity contribution < 1.29 is 15.0 Å². The number of pyridine rings is 1. The molecule has 5 nitrogen and oxygen atoms in total. The Labute approximate surface area is 103 Å². The van der Waals surface area contributed by atoms with E-state index in [1.165, 1.54) is 16.8 Å². The number of carboxylic acids is 1. The first-order valence-electron chi connectivity index (χ1n) is 5.28. The van der Waals surface area contributed by atoms with E-state index in [0.717, 1.165) is 11.6 Å². The van der Waals surface area contributed by atoms with Crippen molar-refractivity contribution in [3.8, 4) is 5.75 Å². The molecule has 0 aliphatic rings. The van der Waals surface area contributed by atoms with Crippen LogP contribution in [-0.4, -0.2) is 20.7 Å². The second-order valence-corrected chi connectivity index (χ2v) is 3.86. The smallest absolute Gasteiger partial charge is 0.335 e. The number of phenolic OH excluding ortho intramolecular Hbond substituents is 1. The summed E-state index contributed by atoms with van der Waals surface area (Å²) in [4.78, 5) is 22.4. The van der Waals surface area contributed by atoms with Crippen molar-refractivity contribution in [2.45, 2.75) is 6.54 Å². The molecule has 0 atom stereocenters. The molecule has 0 fully saturated rings. The van der Waals surface area contributed by atoms with Crippen LogP contribution in [0.2, 0.25) is 0 Å². The van der Waals surface area contributed by atoms with Gasteiger partial charge in [-0.05, 0) is 23.8 Å². The molecular weight excluding hydrogens is 234 g/mol. The van der Waals surface area contributed by atoms with E-state index in [0.29, 0.717) is 0 Å². The van der Waals surface area contributed by atoms with Crippen molar-refractivity contribution in [1.82, 2.24) is 4.57 Å². The van der Waals surface area contributed by atoms with Crippen LogP contribution in [0.15, 0.2) is 47.4 Å². The summed E-state index contributed by atoms with van der Waals surface area (Å²) in [6.45, 7) is 0.285. The molecule has 2 N–H and O–H groups in total. The maximum atomic E-state index is 11.7. The lowest BCUT2D eigenvalue weighted by Gasteiger charge is -2.06. The third-order valence-corrected chi connectivity index (χ3v) is 2.51. The second-order valence-electron chi connectivity index (χ2n) is 3.86. The summed E-state index contributed by atoms with van der Waals surface area (Å²) in [6, 6.07) is 8.99. The van der Waals surface area contributed by atoms with Crippen LogP contribution < -0.4 is 5.56 Å². The molecular formula is C13H11NO4. The van der Waals surface area contributed by atoms with E-state index in [1.807, 2.05) is 0 Å². The molecule has 0 bridgehead atoms. The van der Waals surface area contributed by atoms with Crippen LogP contribution in [0.25, 0.3) is 0 Å². The molecule has 0 saturated carbocycles. The van der Waals surface area contributed by atoms with Gasteiger partial charge in [-0.2, -0.15) is 0 Å². The number of nitrogens with zero attached hydrogens (tertiary/aromatic N) is 1.